The molecule has 8 nitrogen and oxygen atoms in total. The van der Waals surface area contributed by atoms with Crippen molar-refractivity contribution in [3.05, 3.63) is 80.6 Å². The molecule has 0 fully saturated rings. The molecule has 3 aromatic heterocycles. The lowest BCUT2D eigenvalue weighted by Crippen LogP contribution is -2.27. The third-order valence-corrected chi connectivity index (χ3v) is 5.58. The van der Waals surface area contributed by atoms with Crippen molar-refractivity contribution in [1.29, 1.82) is 0 Å². The smallest absolute Gasteiger partial charge is 0.381 e. The van der Waals surface area contributed by atoms with Crippen LogP contribution in [0, 0.1) is 17.5 Å². The van der Waals surface area contributed by atoms with Gasteiger partial charge in [-0.2, -0.15) is 18.3 Å². The molecule has 0 unspecified atom stereocenters. The Hall–Kier alpha value is -4.23. The van der Waals surface area contributed by atoms with Crippen LogP contribution in [0.3, 0.4) is 0 Å². The number of aromatic nitrogens is 5. The van der Waals surface area contributed by atoms with Crippen LogP contribution in [-0.2, 0) is 12.7 Å². The maximum Gasteiger partial charge on any atom is 0.423 e. The van der Waals surface area contributed by atoms with E-state index in [0.29, 0.717) is 0 Å². The number of benzene rings is 1. The maximum absolute atomic E-state index is 14.9. The number of fused-ring (bicyclic) bond motifs is 1. The largest absolute Gasteiger partial charge is 0.423 e. The van der Waals surface area contributed by atoms with Gasteiger partial charge >= 0.3 is 6.18 Å². The third-order valence-electron chi connectivity index (χ3n) is 5.58. The van der Waals surface area contributed by atoms with E-state index in [1.807, 2.05) is 0 Å². The Morgan fingerprint density at radius 1 is 1.08 bits per heavy atom. The normalized spacial score (nSPS) is 12.6. The van der Waals surface area contributed by atoms with Crippen LogP contribution in [0.1, 0.15) is 25.3 Å². The van der Waals surface area contributed by atoms with Crippen molar-refractivity contribution in [2.75, 3.05) is 5.32 Å². The number of alkyl halides is 3. The van der Waals surface area contributed by atoms with E-state index in [2.05, 4.69) is 20.4 Å². The van der Waals surface area contributed by atoms with Crippen LogP contribution >= 0.6 is 0 Å². The monoisotopic (exact) mass is 524 g/mol. The second-order valence-corrected chi connectivity index (χ2v) is 8.23. The van der Waals surface area contributed by atoms with E-state index in [1.165, 1.54) is 18.3 Å². The topological polar surface area (TPSA) is 106 Å². The first-order valence-electron chi connectivity index (χ1n) is 10.9. The van der Waals surface area contributed by atoms with Gasteiger partial charge in [-0.05, 0) is 37.3 Å². The van der Waals surface area contributed by atoms with Gasteiger partial charge in [-0.25, -0.2) is 28.2 Å². The first kappa shape index (κ1) is 25.9. The number of halogens is 6. The van der Waals surface area contributed by atoms with Crippen LogP contribution in [0.4, 0.5) is 32.0 Å². The zero-order chi connectivity index (χ0) is 26.9. The number of hydrogen-bond donors (Lipinski definition) is 2. The van der Waals surface area contributed by atoms with Crippen molar-refractivity contribution < 1.29 is 26.3 Å². The molecule has 37 heavy (non-hydrogen) atoms. The number of rotatable bonds is 7. The number of anilines is 1. The molecule has 0 radical (unpaired) electrons. The summed E-state index contributed by atoms with van der Waals surface area (Å²) in [6.45, 7) is 1.64. The molecule has 14 heteroatoms. The average molecular weight is 524 g/mol. The van der Waals surface area contributed by atoms with Crippen molar-refractivity contribution in [1.82, 2.24) is 24.7 Å². The molecule has 0 amide bonds. The van der Waals surface area contributed by atoms with Gasteiger partial charge in [0.25, 0.3) is 11.1 Å². The van der Waals surface area contributed by atoms with Crippen LogP contribution in [-0.4, -0.2) is 30.8 Å². The maximum atomic E-state index is 14.9. The van der Waals surface area contributed by atoms with Crippen LogP contribution in [0.15, 0.2) is 46.5 Å². The summed E-state index contributed by atoms with van der Waals surface area (Å²) in [6, 6.07) is 2.03. The molecule has 3 heterocycles. The van der Waals surface area contributed by atoms with Gasteiger partial charge in [-0.3, -0.25) is 9.59 Å². The molecular formula is C23H18F6N6O2. The molecule has 0 aliphatic carbocycles. The minimum Gasteiger partial charge on any atom is -0.381 e. The molecule has 1 aromatic carbocycles. The summed E-state index contributed by atoms with van der Waals surface area (Å²) in [7, 11) is 0. The summed E-state index contributed by atoms with van der Waals surface area (Å²) < 4.78 is 83.4. The highest BCUT2D eigenvalue weighted by molar-refractivity contribution is 5.86. The molecule has 0 aliphatic heterocycles. The van der Waals surface area contributed by atoms with Gasteiger partial charge < -0.3 is 9.88 Å². The van der Waals surface area contributed by atoms with Crippen molar-refractivity contribution >= 4 is 16.5 Å². The van der Waals surface area contributed by atoms with Gasteiger partial charge in [0.1, 0.15) is 5.56 Å². The highest BCUT2D eigenvalue weighted by Crippen LogP contribution is 2.32. The minimum atomic E-state index is -4.89. The predicted octanol–water partition coefficient (Wildman–Crippen LogP) is 4.26. The lowest BCUT2D eigenvalue weighted by atomic mass is 10.1. The van der Waals surface area contributed by atoms with E-state index in [4.69, 9.17) is 0 Å². The first-order valence-corrected chi connectivity index (χ1v) is 10.9. The van der Waals surface area contributed by atoms with Gasteiger partial charge in [-0.1, -0.05) is 0 Å². The summed E-state index contributed by atoms with van der Waals surface area (Å²) in [6.07, 6.45) is -0.509. The molecule has 0 bridgehead atoms. The lowest BCUT2D eigenvalue weighted by molar-refractivity contribution is -0.138. The molecule has 0 saturated heterocycles. The van der Waals surface area contributed by atoms with E-state index >= 15 is 0 Å². The zero-order valence-corrected chi connectivity index (χ0v) is 19.0. The van der Waals surface area contributed by atoms with Crippen molar-refractivity contribution in [2.45, 2.75) is 38.5 Å². The minimum absolute atomic E-state index is 0.0599. The Labute approximate surface area is 204 Å². The first-order chi connectivity index (χ1) is 17.5. The standard InChI is InChI=1S/C23H18F6N6O2/c1-11(33-15-10-32-34-21(36)17(15)23(27,28)29)3-2-5-35-6-4-12-7-14(20-30-8-13(24)9-31-20)18(25)19(26)16(12)22(35)37/h4,6-11H,2-3,5H2,1H3,(H2,33,34,36)/t11-/m0/s1. The molecule has 4 rings (SSSR count). The zero-order valence-electron chi connectivity index (χ0n) is 19.0. The van der Waals surface area contributed by atoms with E-state index in [0.717, 1.165) is 23.2 Å². The van der Waals surface area contributed by atoms with Crippen molar-refractivity contribution in [3.63, 3.8) is 0 Å². The van der Waals surface area contributed by atoms with Crippen LogP contribution < -0.4 is 16.4 Å². The molecule has 0 spiro atoms. The second-order valence-electron chi connectivity index (χ2n) is 8.23. The Morgan fingerprint density at radius 3 is 2.46 bits per heavy atom. The fourth-order valence-corrected chi connectivity index (χ4v) is 3.86. The fraction of sp³-hybridized carbons (Fsp3) is 0.261. The Kier molecular flexibility index (Phi) is 7.01. The summed E-state index contributed by atoms with van der Waals surface area (Å²) in [4.78, 5) is 31.7. The van der Waals surface area contributed by atoms with Crippen LogP contribution in [0.5, 0.6) is 0 Å². The summed E-state index contributed by atoms with van der Waals surface area (Å²) in [5.74, 6) is -3.78. The van der Waals surface area contributed by atoms with Gasteiger partial charge in [0.2, 0.25) is 0 Å². The lowest BCUT2D eigenvalue weighted by Gasteiger charge is -2.18. The van der Waals surface area contributed by atoms with E-state index < -0.39 is 57.4 Å². The predicted molar refractivity (Wildman–Crippen MR) is 121 cm³/mol. The Morgan fingerprint density at radius 2 is 1.78 bits per heavy atom. The third kappa shape index (κ3) is 5.32. The number of pyridine rings is 1. The number of hydrogen-bond acceptors (Lipinski definition) is 6. The van der Waals surface area contributed by atoms with Gasteiger partial charge in [0.15, 0.2) is 23.3 Å². The number of aryl methyl sites for hydroxylation is 1. The number of aromatic amines is 1. The van der Waals surface area contributed by atoms with Crippen LogP contribution in [0.2, 0.25) is 0 Å². The Bertz CT molecular complexity index is 1570. The van der Waals surface area contributed by atoms with E-state index in [-0.39, 0.29) is 36.2 Å². The Balaban J connectivity index is 1.51. The summed E-state index contributed by atoms with van der Waals surface area (Å²) in [5.41, 5.74) is -4.40. The van der Waals surface area contributed by atoms with Gasteiger partial charge in [-0.15, -0.1) is 0 Å². The highest BCUT2D eigenvalue weighted by Gasteiger charge is 2.37. The molecule has 2 N–H and O–H groups in total. The van der Waals surface area contributed by atoms with Gasteiger partial charge in [0, 0.05) is 18.8 Å². The molecule has 194 valence electrons. The van der Waals surface area contributed by atoms with Crippen LogP contribution in [0.25, 0.3) is 22.2 Å². The summed E-state index contributed by atoms with van der Waals surface area (Å²) >= 11 is 0. The van der Waals surface area contributed by atoms with Crippen molar-refractivity contribution in [2.24, 2.45) is 0 Å². The highest BCUT2D eigenvalue weighted by atomic mass is 19.4. The number of H-pyrrole nitrogens is 1. The molecule has 4 aromatic rings. The number of nitrogens with one attached hydrogen (secondary N) is 2. The fourth-order valence-electron chi connectivity index (χ4n) is 3.86. The molecule has 1 atom stereocenters. The SMILES string of the molecule is C[C@@H](CCCn1ccc2cc(-c3ncc(F)cn3)c(F)c(F)c2c1=O)Nc1cn[nH]c(=O)c1C(F)(F)F. The van der Waals surface area contributed by atoms with Crippen molar-refractivity contribution in [3.8, 4) is 11.4 Å². The average Bonchev–Trinajstić information content (AvgIpc) is 2.82. The number of nitrogens with zero attached hydrogens (tertiary/aromatic N) is 4. The molecule has 0 saturated carbocycles. The van der Waals surface area contributed by atoms with E-state index in [1.54, 1.807) is 12.0 Å². The molecule has 0 aliphatic rings. The molecular weight excluding hydrogens is 506 g/mol. The van der Waals surface area contributed by atoms with Gasteiger partial charge in [0.05, 0.1) is 35.2 Å². The van der Waals surface area contributed by atoms with E-state index in [9.17, 15) is 35.9 Å². The summed E-state index contributed by atoms with van der Waals surface area (Å²) in [5, 5.41) is 7.31. The second kappa shape index (κ2) is 10.0. The quantitative estimate of drug-likeness (QED) is 0.350.